The van der Waals surface area contributed by atoms with E-state index in [2.05, 4.69) is 19.8 Å². The van der Waals surface area contributed by atoms with Crippen LogP contribution in [0.1, 0.15) is 17.0 Å². The third-order valence-corrected chi connectivity index (χ3v) is 3.80. The van der Waals surface area contributed by atoms with E-state index >= 15 is 0 Å². The van der Waals surface area contributed by atoms with Crippen molar-refractivity contribution >= 4 is 5.82 Å². The van der Waals surface area contributed by atoms with E-state index in [4.69, 9.17) is 0 Å². The fourth-order valence-electron chi connectivity index (χ4n) is 2.62. The van der Waals surface area contributed by atoms with Gasteiger partial charge in [-0.15, -0.1) is 0 Å². The number of hydrogen-bond donors (Lipinski definition) is 0. The molecule has 3 aromatic rings. The van der Waals surface area contributed by atoms with E-state index in [0.29, 0.717) is 18.2 Å². The lowest BCUT2D eigenvalue weighted by molar-refractivity contribution is -0.0498. The van der Waals surface area contributed by atoms with Gasteiger partial charge in [-0.25, -0.2) is 9.67 Å². The average Bonchev–Trinajstić information content (AvgIpc) is 2.94. The van der Waals surface area contributed by atoms with Crippen LogP contribution in [0.2, 0.25) is 0 Å². The number of alkyl halides is 2. The Morgan fingerprint density at radius 2 is 1.88 bits per heavy atom. The molecule has 1 aromatic carbocycles. The molecule has 0 atom stereocenters. The first kappa shape index (κ1) is 17.8. The van der Waals surface area contributed by atoms with E-state index in [1.165, 1.54) is 12.1 Å². The lowest BCUT2D eigenvalue weighted by atomic mass is 10.2. The van der Waals surface area contributed by atoms with Gasteiger partial charge in [0.15, 0.2) is 5.82 Å². The van der Waals surface area contributed by atoms with Gasteiger partial charge in [0, 0.05) is 19.3 Å². The molecule has 6 nitrogen and oxygen atoms in total. The van der Waals surface area contributed by atoms with Gasteiger partial charge in [0.2, 0.25) is 0 Å². The molecule has 0 aliphatic rings. The number of rotatable bonds is 6. The molecule has 0 fully saturated rings. The van der Waals surface area contributed by atoms with Gasteiger partial charge in [-0.1, -0.05) is 12.1 Å². The topological polar surface area (TPSA) is 56.1 Å². The third-order valence-electron chi connectivity index (χ3n) is 3.80. The highest BCUT2D eigenvalue weighted by Crippen LogP contribution is 2.18. The SMILES string of the molecule is Cc1cc(C)n(-c2cncc(N(C)Cc3ccc(OC(F)F)cc3)n2)n1. The summed E-state index contributed by atoms with van der Waals surface area (Å²) in [4.78, 5) is 10.8. The minimum atomic E-state index is -2.82. The average molecular weight is 359 g/mol. The number of aromatic nitrogens is 4. The quantitative estimate of drug-likeness (QED) is 0.674. The van der Waals surface area contributed by atoms with Gasteiger partial charge in [-0.3, -0.25) is 4.98 Å². The highest BCUT2D eigenvalue weighted by atomic mass is 19.3. The summed E-state index contributed by atoms with van der Waals surface area (Å²) in [6, 6.07) is 8.50. The molecule has 0 aliphatic carbocycles. The first-order valence-electron chi connectivity index (χ1n) is 8.03. The van der Waals surface area contributed by atoms with E-state index < -0.39 is 6.61 Å². The molecule has 2 aromatic heterocycles. The molecule has 0 amide bonds. The molecule has 0 radical (unpaired) electrons. The van der Waals surface area contributed by atoms with Crippen LogP contribution in [0.4, 0.5) is 14.6 Å². The molecule has 8 heteroatoms. The largest absolute Gasteiger partial charge is 0.435 e. The molecule has 0 aliphatic heterocycles. The minimum absolute atomic E-state index is 0.137. The van der Waals surface area contributed by atoms with Crippen molar-refractivity contribution in [3.8, 4) is 11.6 Å². The maximum absolute atomic E-state index is 12.2. The van der Waals surface area contributed by atoms with E-state index in [9.17, 15) is 8.78 Å². The second kappa shape index (κ2) is 7.47. The summed E-state index contributed by atoms with van der Waals surface area (Å²) in [6.45, 7) is 1.61. The zero-order valence-electron chi connectivity index (χ0n) is 14.7. The number of ether oxygens (including phenoxy) is 1. The number of halogens is 2. The number of anilines is 1. The number of benzene rings is 1. The van der Waals surface area contributed by atoms with Crippen molar-refractivity contribution in [2.24, 2.45) is 0 Å². The first-order valence-corrected chi connectivity index (χ1v) is 8.03. The van der Waals surface area contributed by atoms with Gasteiger partial charge in [0.25, 0.3) is 0 Å². The summed E-state index contributed by atoms with van der Waals surface area (Å²) >= 11 is 0. The molecule has 0 N–H and O–H groups in total. The molecule has 0 unspecified atom stereocenters. The fraction of sp³-hybridized carbons (Fsp3) is 0.278. The first-order chi connectivity index (χ1) is 12.4. The summed E-state index contributed by atoms with van der Waals surface area (Å²) in [5, 5.41) is 4.42. The lowest BCUT2D eigenvalue weighted by Gasteiger charge is -2.18. The maximum Gasteiger partial charge on any atom is 0.387 e. The Hall–Kier alpha value is -3.03. The van der Waals surface area contributed by atoms with Crippen LogP contribution in [0.15, 0.2) is 42.7 Å². The highest BCUT2D eigenvalue weighted by Gasteiger charge is 2.10. The van der Waals surface area contributed by atoms with Crippen LogP contribution in [0, 0.1) is 13.8 Å². The van der Waals surface area contributed by atoms with Crippen LogP contribution >= 0.6 is 0 Å². The Kier molecular flexibility index (Phi) is 5.11. The van der Waals surface area contributed by atoms with Crippen LogP contribution in [-0.2, 0) is 6.54 Å². The number of hydrogen-bond acceptors (Lipinski definition) is 5. The second-order valence-electron chi connectivity index (χ2n) is 5.95. The minimum Gasteiger partial charge on any atom is -0.435 e. The predicted octanol–water partition coefficient (Wildman–Crippen LogP) is 3.52. The van der Waals surface area contributed by atoms with Gasteiger partial charge in [0.1, 0.15) is 11.6 Å². The van der Waals surface area contributed by atoms with Gasteiger partial charge in [-0.2, -0.15) is 13.9 Å². The van der Waals surface area contributed by atoms with Crippen LogP contribution in [0.3, 0.4) is 0 Å². The molecule has 136 valence electrons. The molecule has 0 saturated heterocycles. The smallest absolute Gasteiger partial charge is 0.387 e. The van der Waals surface area contributed by atoms with Gasteiger partial charge < -0.3 is 9.64 Å². The van der Waals surface area contributed by atoms with Crippen molar-refractivity contribution in [2.75, 3.05) is 11.9 Å². The van der Waals surface area contributed by atoms with Crippen molar-refractivity contribution < 1.29 is 13.5 Å². The Balaban J connectivity index is 1.75. The van der Waals surface area contributed by atoms with Crippen molar-refractivity contribution in [2.45, 2.75) is 27.0 Å². The van der Waals surface area contributed by atoms with Crippen LogP contribution in [0.25, 0.3) is 5.82 Å². The van der Waals surface area contributed by atoms with E-state index in [0.717, 1.165) is 17.0 Å². The zero-order valence-corrected chi connectivity index (χ0v) is 14.7. The van der Waals surface area contributed by atoms with Gasteiger partial charge in [0.05, 0.1) is 18.1 Å². The van der Waals surface area contributed by atoms with Crippen molar-refractivity contribution in [1.29, 1.82) is 0 Å². The summed E-state index contributed by atoms with van der Waals surface area (Å²) in [5.74, 6) is 1.46. The van der Waals surface area contributed by atoms with E-state index in [1.54, 1.807) is 29.2 Å². The molecule has 2 heterocycles. The zero-order chi connectivity index (χ0) is 18.7. The van der Waals surface area contributed by atoms with Crippen LogP contribution < -0.4 is 9.64 Å². The highest BCUT2D eigenvalue weighted by molar-refractivity contribution is 5.40. The van der Waals surface area contributed by atoms with Crippen molar-refractivity contribution in [3.05, 3.63) is 59.7 Å². The molecule has 0 spiro atoms. The molecule has 3 rings (SSSR count). The molecule has 26 heavy (non-hydrogen) atoms. The standard InChI is InChI=1S/C18H19F2N5O/c1-12-8-13(2)25(23-12)17-10-21-9-16(22-17)24(3)11-14-4-6-15(7-5-14)26-18(19)20/h4-10,18H,11H2,1-3H3. The van der Waals surface area contributed by atoms with Crippen molar-refractivity contribution in [1.82, 2.24) is 19.7 Å². The Bertz CT molecular complexity index is 880. The van der Waals surface area contributed by atoms with E-state index in [-0.39, 0.29) is 5.75 Å². The fourth-order valence-corrected chi connectivity index (χ4v) is 2.62. The Labute approximate surface area is 150 Å². The van der Waals surface area contributed by atoms with Crippen LogP contribution in [-0.4, -0.2) is 33.4 Å². The maximum atomic E-state index is 12.2. The molecular weight excluding hydrogens is 340 g/mol. The van der Waals surface area contributed by atoms with Gasteiger partial charge in [-0.05, 0) is 37.6 Å². The Morgan fingerprint density at radius 1 is 1.15 bits per heavy atom. The van der Waals surface area contributed by atoms with Gasteiger partial charge >= 0.3 is 6.61 Å². The lowest BCUT2D eigenvalue weighted by Crippen LogP contribution is -2.19. The molecular formula is C18H19F2N5O. The summed E-state index contributed by atoms with van der Waals surface area (Å²) < 4.78 is 30.5. The second-order valence-corrected chi connectivity index (χ2v) is 5.95. The van der Waals surface area contributed by atoms with Crippen LogP contribution in [0.5, 0.6) is 5.75 Å². The van der Waals surface area contributed by atoms with Crippen molar-refractivity contribution in [3.63, 3.8) is 0 Å². The van der Waals surface area contributed by atoms with E-state index in [1.807, 2.05) is 31.9 Å². The summed E-state index contributed by atoms with van der Waals surface area (Å²) in [6.07, 6.45) is 3.33. The third kappa shape index (κ3) is 4.14. The normalized spacial score (nSPS) is 11.0. The Morgan fingerprint density at radius 3 is 2.50 bits per heavy atom. The monoisotopic (exact) mass is 359 g/mol. The predicted molar refractivity (Wildman–Crippen MR) is 93.8 cm³/mol. The summed E-state index contributed by atoms with van der Waals surface area (Å²) in [7, 11) is 1.89. The number of nitrogens with zero attached hydrogens (tertiary/aromatic N) is 5. The summed E-state index contributed by atoms with van der Waals surface area (Å²) in [5.41, 5.74) is 2.83. The molecule has 0 bridgehead atoms. The molecule has 0 saturated carbocycles. The number of aryl methyl sites for hydroxylation is 2.